The molecule has 0 radical (unpaired) electrons. The highest BCUT2D eigenvalue weighted by atomic mass is 35.5. The number of hydrogen-bond donors (Lipinski definition) is 1. The lowest BCUT2D eigenvalue weighted by molar-refractivity contribution is -0.191. The van der Waals surface area contributed by atoms with Crippen LogP contribution in [0.4, 0.5) is 0 Å². The summed E-state index contributed by atoms with van der Waals surface area (Å²) in [7, 11) is 0. The molecule has 0 aliphatic carbocycles. The molecule has 0 aliphatic rings. The number of nitrogens with one attached hydrogen (secondary N) is 1. The van der Waals surface area contributed by atoms with Crippen LogP contribution in [-0.4, -0.2) is 26.9 Å². The van der Waals surface area contributed by atoms with Crippen molar-refractivity contribution in [3.8, 4) is 22.5 Å². The first-order valence-electron chi connectivity index (χ1n) is 19.7. The van der Waals surface area contributed by atoms with Crippen molar-refractivity contribution >= 4 is 119 Å². The van der Waals surface area contributed by atoms with Crippen molar-refractivity contribution in [2.75, 3.05) is 0 Å². The van der Waals surface area contributed by atoms with Gasteiger partial charge in [0.05, 0.1) is 32.4 Å². The van der Waals surface area contributed by atoms with Gasteiger partial charge in [0.25, 0.3) is 11.1 Å². The number of carbonyl (C=O) groups is 2. The highest BCUT2D eigenvalue weighted by molar-refractivity contribution is 6.68. The highest BCUT2D eigenvalue weighted by Crippen LogP contribution is 2.36. The monoisotopic (exact) mass is 938 g/mol. The van der Waals surface area contributed by atoms with E-state index in [0.29, 0.717) is 20.6 Å². The standard InChI is InChI=1S/C26H17Cl2NO.C19H15N.C7H3Cl3O.CO2/c1-16-9-12-24-18(13-16)14-25(21-8-4-6-17-5-2-3-7-20(17)21)29(24)26(30)22-11-10-19(27)15-23(22)28;1-13-9-10-18-15(11-13)12-19(20-18)17-8-4-6-14-5-2-3-7-16(14)17;8-4-1-2-5(7(10)11)6(9)3-4;2-1-3/h2-15H,1H3;2-12,20H,1H3;1-3H;. The van der Waals surface area contributed by atoms with Crippen molar-refractivity contribution in [2.24, 2.45) is 0 Å². The molecule has 0 saturated carbocycles. The predicted octanol–water partition coefficient (Wildman–Crippen LogP) is 15.9. The Bertz CT molecular complexity index is 3390. The van der Waals surface area contributed by atoms with E-state index in [9.17, 15) is 9.59 Å². The number of benzene rings is 8. The van der Waals surface area contributed by atoms with Gasteiger partial charge in [-0.3, -0.25) is 14.2 Å². The second-order valence-corrected chi connectivity index (χ2v) is 16.7. The van der Waals surface area contributed by atoms with Gasteiger partial charge >= 0.3 is 6.15 Å². The number of aromatic nitrogens is 2. The summed E-state index contributed by atoms with van der Waals surface area (Å²) < 4.78 is 1.76. The highest BCUT2D eigenvalue weighted by Gasteiger charge is 2.21. The van der Waals surface area contributed by atoms with Gasteiger partial charge in [0.1, 0.15) is 0 Å². The van der Waals surface area contributed by atoms with Crippen LogP contribution >= 0.6 is 58.0 Å². The molecule has 0 atom stereocenters. The molecule has 8 aromatic carbocycles. The van der Waals surface area contributed by atoms with Crippen LogP contribution in [0.5, 0.6) is 0 Å². The Morgan fingerprint density at radius 3 is 1.62 bits per heavy atom. The van der Waals surface area contributed by atoms with E-state index in [-0.39, 0.29) is 22.6 Å². The summed E-state index contributed by atoms with van der Waals surface area (Å²) in [4.78, 5) is 44.1. The van der Waals surface area contributed by atoms with Crippen molar-refractivity contribution in [1.29, 1.82) is 0 Å². The summed E-state index contributed by atoms with van der Waals surface area (Å²) in [5, 5.41) is 8.09. The lowest BCUT2D eigenvalue weighted by Gasteiger charge is -2.13. The predicted molar refractivity (Wildman–Crippen MR) is 263 cm³/mol. The van der Waals surface area contributed by atoms with Gasteiger partial charge in [0.15, 0.2) is 0 Å². The zero-order chi connectivity index (χ0) is 45.5. The van der Waals surface area contributed by atoms with Crippen molar-refractivity contribution < 1.29 is 19.2 Å². The van der Waals surface area contributed by atoms with Crippen LogP contribution in [0.2, 0.25) is 20.1 Å². The number of nitrogens with zero attached hydrogens (tertiary/aromatic N) is 1. The minimum atomic E-state index is -0.577. The van der Waals surface area contributed by atoms with Gasteiger partial charge in [-0.05, 0) is 120 Å². The van der Waals surface area contributed by atoms with Crippen LogP contribution in [0.25, 0.3) is 65.9 Å². The molecule has 2 aromatic heterocycles. The zero-order valence-corrected chi connectivity index (χ0v) is 37.9. The maximum Gasteiger partial charge on any atom is 0.373 e. The molecule has 10 rings (SSSR count). The summed E-state index contributed by atoms with van der Waals surface area (Å²) in [5.74, 6) is -0.182. The van der Waals surface area contributed by atoms with E-state index >= 15 is 0 Å². The Balaban J connectivity index is 0.000000154. The lowest BCUT2D eigenvalue weighted by atomic mass is 10.0. The second kappa shape index (κ2) is 20.4. The Morgan fingerprint density at radius 1 is 0.516 bits per heavy atom. The first kappa shape index (κ1) is 45.6. The molecule has 6 nitrogen and oxygen atoms in total. The molecule has 0 saturated heterocycles. The Labute approximate surface area is 393 Å². The number of hydrogen-bond acceptors (Lipinski definition) is 4. The first-order valence-corrected chi connectivity index (χ1v) is 21.6. The molecule has 1 N–H and O–H groups in total. The molecular formula is C53H35Cl5N2O4. The maximum absolute atomic E-state index is 13.7. The van der Waals surface area contributed by atoms with E-state index in [1.807, 2.05) is 37.3 Å². The SMILES string of the molecule is Cc1ccc2[nH]c(-c3cccc4ccccc34)cc2c1.Cc1ccc2c(c1)cc(-c1cccc3ccccc13)n2C(=O)c1ccc(Cl)cc1Cl.O=C(Cl)c1ccc(Cl)cc1Cl.O=C=O. The van der Waals surface area contributed by atoms with E-state index in [1.165, 1.54) is 50.6 Å². The number of aromatic amines is 1. The molecule has 64 heavy (non-hydrogen) atoms. The average Bonchev–Trinajstić information content (AvgIpc) is 3.87. The van der Waals surface area contributed by atoms with E-state index in [0.717, 1.165) is 38.5 Å². The van der Waals surface area contributed by atoms with Crippen molar-refractivity contribution in [3.63, 3.8) is 0 Å². The molecule has 0 spiro atoms. The molecule has 10 aromatic rings. The maximum atomic E-state index is 13.7. The number of carbonyl (C=O) groups excluding carboxylic acids is 4. The Hall–Kier alpha value is -6.47. The van der Waals surface area contributed by atoms with Gasteiger partial charge in [-0.25, -0.2) is 0 Å². The first-order chi connectivity index (χ1) is 30.9. The molecule has 316 valence electrons. The number of aryl methyl sites for hydroxylation is 2. The van der Waals surface area contributed by atoms with Gasteiger partial charge < -0.3 is 4.98 Å². The third kappa shape index (κ3) is 10.2. The van der Waals surface area contributed by atoms with Crippen molar-refractivity contribution in [1.82, 2.24) is 9.55 Å². The Kier molecular flexibility index (Phi) is 14.5. The van der Waals surface area contributed by atoms with Crippen LogP contribution in [0, 0.1) is 13.8 Å². The van der Waals surface area contributed by atoms with E-state index in [1.54, 1.807) is 28.8 Å². The van der Waals surface area contributed by atoms with Crippen LogP contribution in [0.1, 0.15) is 31.8 Å². The lowest BCUT2D eigenvalue weighted by Crippen LogP contribution is -2.13. The van der Waals surface area contributed by atoms with Crippen molar-refractivity contribution in [2.45, 2.75) is 13.8 Å². The summed E-state index contributed by atoms with van der Waals surface area (Å²) in [5.41, 5.74) is 9.45. The van der Waals surface area contributed by atoms with Gasteiger partial charge in [-0.1, -0.05) is 155 Å². The van der Waals surface area contributed by atoms with E-state index < -0.39 is 5.24 Å². The summed E-state index contributed by atoms with van der Waals surface area (Å²) in [6.07, 6.45) is 0.250. The average molecular weight is 941 g/mol. The van der Waals surface area contributed by atoms with Crippen molar-refractivity contribution in [3.05, 3.63) is 212 Å². The normalized spacial score (nSPS) is 10.6. The fourth-order valence-corrected chi connectivity index (χ4v) is 8.69. The van der Waals surface area contributed by atoms with E-state index in [2.05, 4.69) is 115 Å². The molecule has 0 unspecified atom stereocenters. The van der Waals surface area contributed by atoms with Gasteiger partial charge in [-0.15, -0.1) is 0 Å². The van der Waals surface area contributed by atoms with Crippen LogP contribution < -0.4 is 0 Å². The van der Waals surface area contributed by atoms with E-state index in [4.69, 9.17) is 67.6 Å². The molecule has 2 heterocycles. The van der Waals surface area contributed by atoms with Crippen LogP contribution in [-0.2, 0) is 9.59 Å². The third-order valence-electron chi connectivity index (χ3n) is 10.4. The molecule has 0 bridgehead atoms. The van der Waals surface area contributed by atoms with Crippen LogP contribution in [0.15, 0.2) is 170 Å². The summed E-state index contributed by atoms with van der Waals surface area (Å²) in [6, 6.07) is 55.7. The number of rotatable bonds is 4. The molecule has 0 aliphatic heterocycles. The van der Waals surface area contributed by atoms with Crippen LogP contribution in [0.3, 0.4) is 0 Å². The summed E-state index contributed by atoms with van der Waals surface area (Å²) >= 11 is 28.9. The largest absolute Gasteiger partial charge is 0.373 e. The smallest absolute Gasteiger partial charge is 0.355 e. The molecule has 11 heteroatoms. The summed E-state index contributed by atoms with van der Waals surface area (Å²) in [6.45, 7) is 4.18. The zero-order valence-electron chi connectivity index (χ0n) is 34.1. The minimum absolute atomic E-state index is 0.182. The molecule has 0 fully saturated rings. The number of fused-ring (bicyclic) bond motifs is 4. The fourth-order valence-electron chi connectivity index (χ4n) is 7.49. The minimum Gasteiger partial charge on any atom is -0.355 e. The quantitative estimate of drug-likeness (QED) is 0.178. The van der Waals surface area contributed by atoms with Gasteiger partial charge in [0.2, 0.25) is 0 Å². The topological polar surface area (TPSA) is 89.0 Å². The molecular weight excluding hydrogens is 906 g/mol. The van der Waals surface area contributed by atoms with Gasteiger partial charge in [0, 0.05) is 43.2 Å². The molecule has 0 amide bonds. The van der Waals surface area contributed by atoms with Gasteiger partial charge in [-0.2, -0.15) is 9.59 Å². The second-order valence-electron chi connectivity index (χ2n) is 14.7. The fraction of sp³-hybridized carbons (Fsp3) is 0.0377. The number of halogens is 5. The number of H-pyrrole nitrogens is 1. The Morgan fingerprint density at radius 2 is 1.03 bits per heavy atom. The third-order valence-corrected chi connectivity index (χ3v) is 11.7.